The Kier molecular flexibility index (Phi) is 8.96. The van der Waals surface area contributed by atoms with Crippen molar-refractivity contribution in [2.75, 3.05) is 53.0 Å². The van der Waals surface area contributed by atoms with Crippen molar-refractivity contribution in [1.82, 2.24) is 18.8 Å². The Morgan fingerprint density at radius 1 is 1.15 bits per heavy atom. The monoisotopic (exact) mass is 546 g/mol. The summed E-state index contributed by atoms with van der Waals surface area (Å²) in [4.78, 5) is 26.2. The quantitative estimate of drug-likeness (QED) is 0.558. The van der Waals surface area contributed by atoms with Crippen LogP contribution in [0.3, 0.4) is 0 Å². The van der Waals surface area contributed by atoms with E-state index in [-0.39, 0.29) is 45.2 Å². The summed E-state index contributed by atoms with van der Waals surface area (Å²) in [6.45, 7) is 3.80. The van der Waals surface area contributed by atoms with Crippen molar-refractivity contribution in [1.29, 1.82) is 0 Å². The Balaban J connectivity index is 1.56. The smallest absolute Gasteiger partial charge is 0.409 e. The molecule has 2 fully saturated rings. The predicted octanol–water partition coefficient (Wildman–Crippen LogP) is 1.80. The van der Waals surface area contributed by atoms with E-state index in [1.807, 2.05) is 18.2 Å². The molecule has 1 N–H and O–H groups in total. The second kappa shape index (κ2) is 11.5. The van der Waals surface area contributed by atoms with Crippen LogP contribution in [0, 0.1) is 5.92 Å². The number of amides is 2. The molecule has 1 aromatic rings. The lowest BCUT2D eigenvalue weighted by Crippen LogP contribution is -2.56. The van der Waals surface area contributed by atoms with E-state index in [1.165, 1.54) is 13.5 Å². The largest absolute Gasteiger partial charge is 0.496 e. The zero-order valence-electron chi connectivity index (χ0n) is 19.0. The van der Waals surface area contributed by atoms with E-state index in [0.717, 1.165) is 10.0 Å². The fourth-order valence-corrected chi connectivity index (χ4v) is 6.15. The number of rotatable bonds is 7. The molecule has 0 aromatic heterocycles. The van der Waals surface area contributed by atoms with Gasteiger partial charge in [-0.05, 0) is 38.0 Å². The fourth-order valence-electron chi connectivity index (χ4n) is 4.06. The van der Waals surface area contributed by atoms with E-state index in [2.05, 4.69) is 21.2 Å². The minimum atomic E-state index is -3.71. The van der Waals surface area contributed by atoms with Gasteiger partial charge in [0, 0.05) is 55.8 Å². The fraction of sp³-hybridized carbons (Fsp3) is 0.619. The summed E-state index contributed by atoms with van der Waals surface area (Å²) in [7, 11) is -2.14. The molecule has 3 rings (SSSR count). The van der Waals surface area contributed by atoms with Gasteiger partial charge in [0.15, 0.2) is 0 Å². The van der Waals surface area contributed by atoms with Gasteiger partial charge in [0.05, 0.1) is 19.6 Å². The molecule has 2 aliphatic heterocycles. The molecule has 2 heterocycles. The number of nitrogens with one attached hydrogen (secondary N) is 1. The normalized spacial score (nSPS) is 20.3. The average molecular weight is 547 g/mol. The highest BCUT2D eigenvalue weighted by molar-refractivity contribution is 9.10. The van der Waals surface area contributed by atoms with Gasteiger partial charge in [-0.3, -0.25) is 4.79 Å². The highest BCUT2D eigenvalue weighted by atomic mass is 79.9. The Bertz CT molecular complexity index is 952. The first-order valence-corrected chi connectivity index (χ1v) is 13.2. The van der Waals surface area contributed by atoms with Gasteiger partial charge in [-0.15, -0.1) is 0 Å². The number of piperazine rings is 1. The zero-order valence-corrected chi connectivity index (χ0v) is 21.4. The van der Waals surface area contributed by atoms with Crippen molar-refractivity contribution in [3.63, 3.8) is 0 Å². The van der Waals surface area contributed by atoms with Crippen molar-refractivity contribution in [2.24, 2.45) is 5.92 Å². The molecule has 0 radical (unpaired) electrons. The highest BCUT2D eigenvalue weighted by Gasteiger charge is 2.37. The topological polar surface area (TPSA) is 108 Å². The van der Waals surface area contributed by atoms with Crippen molar-refractivity contribution >= 4 is 38.1 Å². The number of nitrogens with zero attached hydrogens (tertiary/aromatic N) is 3. The van der Waals surface area contributed by atoms with E-state index < -0.39 is 22.2 Å². The molecule has 33 heavy (non-hydrogen) atoms. The lowest BCUT2D eigenvalue weighted by molar-refractivity contribution is -0.126. The number of ether oxygens (including phenoxy) is 2. The Hall–Kier alpha value is -1.89. The van der Waals surface area contributed by atoms with Crippen LogP contribution >= 0.6 is 15.9 Å². The molecular formula is C21H31BrN4O6S. The van der Waals surface area contributed by atoms with Gasteiger partial charge in [-0.1, -0.05) is 15.9 Å². The first kappa shape index (κ1) is 25.7. The average Bonchev–Trinajstić information content (AvgIpc) is 2.83. The molecule has 1 atom stereocenters. The first-order valence-electron chi connectivity index (χ1n) is 11.0. The number of carbonyl (C=O) groups is 2. The van der Waals surface area contributed by atoms with E-state index in [0.29, 0.717) is 31.7 Å². The van der Waals surface area contributed by atoms with Crippen LogP contribution in [0.1, 0.15) is 25.3 Å². The molecular weight excluding hydrogens is 516 g/mol. The Morgan fingerprint density at radius 2 is 1.88 bits per heavy atom. The number of hydrogen-bond acceptors (Lipinski definition) is 6. The van der Waals surface area contributed by atoms with Crippen molar-refractivity contribution in [2.45, 2.75) is 26.3 Å². The molecule has 10 nitrogen and oxygen atoms in total. The van der Waals surface area contributed by atoms with E-state index in [1.54, 1.807) is 14.0 Å². The van der Waals surface area contributed by atoms with Crippen molar-refractivity contribution in [3.05, 3.63) is 28.2 Å². The van der Waals surface area contributed by atoms with Gasteiger partial charge in [-0.2, -0.15) is 17.0 Å². The summed E-state index contributed by atoms with van der Waals surface area (Å²) in [5.74, 6) is 0.0739. The summed E-state index contributed by atoms with van der Waals surface area (Å²) < 4.78 is 40.3. The van der Waals surface area contributed by atoms with E-state index >= 15 is 0 Å². The molecule has 2 amide bonds. The zero-order chi connectivity index (χ0) is 24.0. The third kappa shape index (κ3) is 6.37. The highest BCUT2D eigenvalue weighted by Crippen LogP contribution is 2.25. The molecule has 1 aromatic carbocycles. The summed E-state index contributed by atoms with van der Waals surface area (Å²) >= 11 is 3.42. The van der Waals surface area contributed by atoms with Crippen molar-refractivity contribution in [3.8, 4) is 5.75 Å². The molecule has 0 saturated carbocycles. The lowest BCUT2D eigenvalue weighted by Gasteiger charge is -2.38. The van der Waals surface area contributed by atoms with Crippen LogP contribution in [0.2, 0.25) is 0 Å². The second-order valence-corrected chi connectivity index (χ2v) is 10.8. The van der Waals surface area contributed by atoms with Gasteiger partial charge in [-0.25, -0.2) is 4.79 Å². The molecule has 2 aliphatic rings. The maximum atomic E-state index is 13.2. The molecule has 0 bridgehead atoms. The van der Waals surface area contributed by atoms with Crippen LogP contribution in [-0.2, 0) is 26.3 Å². The molecule has 2 saturated heterocycles. The Morgan fingerprint density at radius 3 is 2.55 bits per heavy atom. The molecule has 0 unspecified atom stereocenters. The minimum absolute atomic E-state index is 0.141. The van der Waals surface area contributed by atoms with Gasteiger partial charge >= 0.3 is 6.09 Å². The third-order valence-electron chi connectivity index (χ3n) is 5.87. The van der Waals surface area contributed by atoms with Crippen LogP contribution in [-0.4, -0.2) is 86.9 Å². The van der Waals surface area contributed by atoms with Crippen LogP contribution in [0.4, 0.5) is 4.79 Å². The number of carbonyl (C=O) groups excluding carboxylic acids is 2. The van der Waals surface area contributed by atoms with Crippen LogP contribution < -0.4 is 10.1 Å². The van der Waals surface area contributed by atoms with Gasteiger partial charge in [0.25, 0.3) is 10.2 Å². The number of piperidine rings is 1. The van der Waals surface area contributed by atoms with Crippen LogP contribution in [0.5, 0.6) is 5.75 Å². The standard InChI is InChI=1S/C21H31BrN4O6S/c1-3-32-21(28)24-9-11-25(12-10-24)33(29,30)26-8-4-5-16(15-26)20(27)23-14-17-13-18(22)6-7-19(17)31-2/h6-7,13,16H,3-5,8-12,14-15H2,1-2H3,(H,23,27)/t16-/m1/s1. The van der Waals surface area contributed by atoms with Crippen LogP contribution in [0.25, 0.3) is 0 Å². The third-order valence-corrected chi connectivity index (χ3v) is 8.36. The summed E-state index contributed by atoms with van der Waals surface area (Å²) in [5, 5.41) is 2.92. The molecule has 184 valence electrons. The van der Waals surface area contributed by atoms with Gasteiger partial charge < -0.3 is 19.7 Å². The van der Waals surface area contributed by atoms with Gasteiger partial charge in [0.1, 0.15) is 5.75 Å². The van der Waals surface area contributed by atoms with E-state index in [9.17, 15) is 18.0 Å². The second-order valence-electron chi connectivity index (χ2n) is 7.96. The Labute approximate surface area is 203 Å². The van der Waals surface area contributed by atoms with Gasteiger partial charge in [0.2, 0.25) is 5.91 Å². The number of hydrogen-bond donors (Lipinski definition) is 1. The maximum Gasteiger partial charge on any atom is 0.409 e. The summed E-state index contributed by atoms with van der Waals surface area (Å²) in [6, 6.07) is 5.56. The maximum absolute atomic E-state index is 13.2. The van der Waals surface area contributed by atoms with Crippen molar-refractivity contribution < 1.29 is 27.5 Å². The number of halogens is 1. The summed E-state index contributed by atoms with van der Waals surface area (Å²) in [6.07, 6.45) is 0.816. The summed E-state index contributed by atoms with van der Waals surface area (Å²) in [5.41, 5.74) is 0.833. The SMILES string of the molecule is CCOC(=O)N1CCN(S(=O)(=O)N2CCC[C@@H](C(=O)NCc3cc(Br)ccc3OC)C2)CC1. The van der Waals surface area contributed by atoms with E-state index in [4.69, 9.17) is 9.47 Å². The number of benzene rings is 1. The minimum Gasteiger partial charge on any atom is -0.496 e. The lowest BCUT2D eigenvalue weighted by atomic mass is 9.98. The van der Waals surface area contributed by atoms with Crippen LogP contribution in [0.15, 0.2) is 22.7 Å². The predicted molar refractivity (Wildman–Crippen MR) is 126 cm³/mol. The number of methoxy groups -OCH3 is 1. The molecule has 12 heteroatoms. The first-order chi connectivity index (χ1) is 15.8. The molecule has 0 aliphatic carbocycles. The molecule has 0 spiro atoms.